The zero-order valence-corrected chi connectivity index (χ0v) is 21.4. The monoisotopic (exact) mass is 494 g/mol. The van der Waals surface area contributed by atoms with Crippen LogP contribution in [0.25, 0.3) is 0 Å². The van der Waals surface area contributed by atoms with E-state index < -0.39 is 12.1 Å². The van der Waals surface area contributed by atoms with Gasteiger partial charge in [0.25, 0.3) is 11.8 Å². The van der Waals surface area contributed by atoms with Gasteiger partial charge in [0.1, 0.15) is 0 Å². The topological polar surface area (TPSA) is 98.8 Å². The number of benzene rings is 1. The number of anilines is 2. The summed E-state index contributed by atoms with van der Waals surface area (Å²) in [4.78, 5) is 54.2. The van der Waals surface area contributed by atoms with Gasteiger partial charge < -0.3 is 10.6 Å². The maximum absolute atomic E-state index is 13.1. The van der Waals surface area contributed by atoms with E-state index in [0.29, 0.717) is 23.2 Å². The average Bonchev–Trinajstić information content (AvgIpc) is 3.30. The minimum atomic E-state index is -0.501. The summed E-state index contributed by atoms with van der Waals surface area (Å²) in [5.41, 5.74) is 0.944. The molecule has 0 bridgehead atoms. The summed E-state index contributed by atoms with van der Waals surface area (Å²) < 4.78 is 0. The lowest BCUT2D eigenvalue weighted by molar-refractivity contribution is -0.123. The molecular formula is C28H38N4O4. The van der Waals surface area contributed by atoms with Gasteiger partial charge in [0.2, 0.25) is 11.8 Å². The number of nitrogens with zero attached hydrogens (tertiary/aromatic N) is 2. The summed E-state index contributed by atoms with van der Waals surface area (Å²) in [6, 6.07) is 6.13. The van der Waals surface area contributed by atoms with Gasteiger partial charge >= 0.3 is 0 Å². The fourth-order valence-electron chi connectivity index (χ4n) is 6.46. The molecule has 1 aromatic carbocycles. The van der Waals surface area contributed by atoms with Gasteiger partial charge in [-0.1, -0.05) is 39.5 Å². The van der Waals surface area contributed by atoms with E-state index in [0.717, 1.165) is 38.5 Å². The lowest BCUT2D eigenvalue weighted by Crippen LogP contribution is -2.47. The summed E-state index contributed by atoms with van der Waals surface area (Å²) in [6.07, 6.45) is 9.37. The summed E-state index contributed by atoms with van der Waals surface area (Å²) in [7, 11) is 0. The molecule has 2 N–H and O–H groups in total. The van der Waals surface area contributed by atoms with Crippen molar-refractivity contribution < 1.29 is 19.2 Å². The van der Waals surface area contributed by atoms with Crippen LogP contribution in [0.5, 0.6) is 0 Å². The van der Waals surface area contributed by atoms with E-state index in [1.165, 1.54) is 22.6 Å². The first-order valence-electron chi connectivity index (χ1n) is 13.7. The molecule has 36 heavy (non-hydrogen) atoms. The molecule has 4 aliphatic rings. The lowest BCUT2D eigenvalue weighted by atomic mass is 9.85. The number of carbonyl (C=O) groups excluding carboxylic acids is 4. The van der Waals surface area contributed by atoms with Crippen molar-refractivity contribution in [2.24, 2.45) is 11.8 Å². The Morgan fingerprint density at radius 1 is 0.611 bits per heavy atom. The smallest absolute Gasteiger partial charge is 0.251 e. The van der Waals surface area contributed by atoms with E-state index >= 15 is 0 Å². The van der Waals surface area contributed by atoms with Crippen LogP contribution in [0.4, 0.5) is 11.4 Å². The maximum Gasteiger partial charge on any atom is 0.251 e. The highest BCUT2D eigenvalue weighted by Gasteiger charge is 2.43. The van der Waals surface area contributed by atoms with Gasteiger partial charge in [-0.05, 0) is 61.8 Å². The van der Waals surface area contributed by atoms with Crippen LogP contribution in [0, 0.1) is 11.8 Å². The first-order valence-corrected chi connectivity index (χ1v) is 13.7. The summed E-state index contributed by atoms with van der Waals surface area (Å²) >= 11 is 0. The van der Waals surface area contributed by atoms with Crippen LogP contribution in [-0.4, -0.2) is 47.8 Å². The molecule has 0 aromatic heterocycles. The molecule has 2 aliphatic heterocycles. The van der Waals surface area contributed by atoms with Gasteiger partial charge in [-0.25, -0.2) is 9.80 Å². The van der Waals surface area contributed by atoms with Gasteiger partial charge in [0.05, 0.1) is 36.3 Å². The van der Waals surface area contributed by atoms with Crippen LogP contribution >= 0.6 is 0 Å². The first-order chi connectivity index (χ1) is 17.3. The predicted octanol–water partition coefficient (Wildman–Crippen LogP) is 3.29. The molecule has 4 amide bonds. The highest BCUT2D eigenvalue weighted by molar-refractivity contribution is 6.24. The highest BCUT2D eigenvalue weighted by Crippen LogP contribution is 2.31. The number of hydrogen-bond donors (Lipinski definition) is 2. The van der Waals surface area contributed by atoms with Crippen molar-refractivity contribution in [3.63, 3.8) is 0 Å². The predicted molar refractivity (Wildman–Crippen MR) is 137 cm³/mol. The molecule has 8 nitrogen and oxygen atoms in total. The molecule has 4 fully saturated rings. The minimum absolute atomic E-state index is 0.153. The van der Waals surface area contributed by atoms with Crippen LogP contribution in [0.2, 0.25) is 0 Å². The molecule has 2 saturated carbocycles. The second-order valence-electron chi connectivity index (χ2n) is 11.2. The molecule has 2 saturated heterocycles. The van der Waals surface area contributed by atoms with Gasteiger partial charge in [-0.15, -0.1) is 0 Å². The standard InChI is InChI=1S/C28H38N4O4/c1-17-7-3-5-9-21(17)29-23-15-25(33)31(27(23)35)19-11-13-20(14-12-19)32-26(34)16-24(28(32)36)30-22-10-6-4-8-18(22)2/h11-14,17-18,21-24,29-30H,3-10,15-16H2,1-2H3. The Hall–Kier alpha value is -2.58. The van der Waals surface area contributed by atoms with E-state index in [1.807, 2.05) is 0 Å². The number of hydrogen-bond acceptors (Lipinski definition) is 6. The third-order valence-corrected chi connectivity index (χ3v) is 8.71. The summed E-state index contributed by atoms with van der Waals surface area (Å²) in [5, 5.41) is 6.88. The molecule has 6 unspecified atom stereocenters. The summed E-state index contributed by atoms with van der Waals surface area (Å²) in [5.74, 6) is 0.0607. The highest BCUT2D eigenvalue weighted by atomic mass is 16.2. The fraction of sp³-hybridized carbons (Fsp3) is 0.643. The Bertz CT molecular complexity index is 944. The fourth-order valence-corrected chi connectivity index (χ4v) is 6.46. The number of carbonyl (C=O) groups is 4. The van der Waals surface area contributed by atoms with Crippen LogP contribution < -0.4 is 20.4 Å². The quantitative estimate of drug-likeness (QED) is 0.589. The largest absolute Gasteiger partial charge is 0.302 e. The van der Waals surface area contributed by atoms with Crippen molar-refractivity contribution in [3.8, 4) is 0 Å². The molecule has 2 aliphatic carbocycles. The molecular weight excluding hydrogens is 456 g/mol. The Labute approximate surface area is 213 Å². The molecule has 194 valence electrons. The molecule has 5 rings (SSSR count). The first kappa shape index (κ1) is 25.1. The third-order valence-electron chi connectivity index (χ3n) is 8.71. The Morgan fingerprint density at radius 3 is 1.33 bits per heavy atom. The zero-order valence-electron chi connectivity index (χ0n) is 21.4. The van der Waals surface area contributed by atoms with Gasteiger partial charge in [-0.3, -0.25) is 19.2 Å². The second-order valence-corrected chi connectivity index (χ2v) is 11.2. The van der Waals surface area contributed by atoms with Crippen molar-refractivity contribution in [1.29, 1.82) is 0 Å². The Kier molecular flexibility index (Phi) is 7.26. The van der Waals surface area contributed by atoms with Gasteiger partial charge in [-0.2, -0.15) is 0 Å². The van der Waals surface area contributed by atoms with Crippen molar-refractivity contribution in [2.45, 2.75) is 102 Å². The van der Waals surface area contributed by atoms with E-state index in [4.69, 9.17) is 0 Å². The number of nitrogens with one attached hydrogen (secondary N) is 2. The van der Waals surface area contributed by atoms with Crippen molar-refractivity contribution in [1.82, 2.24) is 10.6 Å². The van der Waals surface area contributed by atoms with Crippen molar-refractivity contribution in [3.05, 3.63) is 24.3 Å². The van der Waals surface area contributed by atoms with E-state index in [1.54, 1.807) is 24.3 Å². The van der Waals surface area contributed by atoms with Gasteiger partial charge in [0.15, 0.2) is 0 Å². The molecule has 1 aromatic rings. The molecule has 8 heteroatoms. The average molecular weight is 495 g/mol. The molecule has 0 spiro atoms. The van der Waals surface area contributed by atoms with E-state index in [9.17, 15) is 19.2 Å². The zero-order chi connectivity index (χ0) is 25.4. The molecule has 6 atom stereocenters. The summed E-state index contributed by atoms with van der Waals surface area (Å²) in [6.45, 7) is 4.40. The Morgan fingerprint density at radius 2 is 0.972 bits per heavy atom. The Balaban J connectivity index is 1.24. The minimum Gasteiger partial charge on any atom is -0.302 e. The lowest BCUT2D eigenvalue weighted by Gasteiger charge is -2.31. The van der Waals surface area contributed by atoms with E-state index in [-0.39, 0.29) is 48.6 Å². The number of imide groups is 2. The molecule has 0 radical (unpaired) electrons. The van der Waals surface area contributed by atoms with Gasteiger partial charge in [0, 0.05) is 12.1 Å². The van der Waals surface area contributed by atoms with Crippen LogP contribution in [0.1, 0.15) is 78.1 Å². The maximum atomic E-state index is 13.1. The second kappa shape index (κ2) is 10.4. The van der Waals surface area contributed by atoms with Crippen molar-refractivity contribution in [2.75, 3.05) is 9.80 Å². The number of amides is 4. The van der Waals surface area contributed by atoms with Crippen LogP contribution in [0.3, 0.4) is 0 Å². The normalized spacial score (nSPS) is 33.6. The SMILES string of the molecule is CC1CCCCC1NC1CC(=O)N(c2ccc(N3C(=O)CC(NC4CCCCC4C)C3=O)cc2)C1=O. The number of rotatable bonds is 6. The van der Waals surface area contributed by atoms with Crippen LogP contribution in [0.15, 0.2) is 24.3 Å². The molecule has 2 heterocycles. The van der Waals surface area contributed by atoms with E-state index in [2.05, 4.69) is 24.5 Å². The van der Waals surface area contributed by atoms with Crippen molar-refractivity contribution >= 4 is 35.0 Å². The van der Waals surface area contributed by atoms with Crippen LogP contribution in [-0.2, 0) is 19.2 Å². The third kappa shape index (κ3) is 4.85.